The topological polar surface area (TPSA) is 116 Å². The van der Waals surface area contributed by atoms with Gasteiger partial charge in [-0.05, 0) is 59.2 Å². The number of H-pyrrole nitrogens is 1. The van der Waals surface area contributed by atoms with Crippen molar-refractivity contribution in [3.05, 3.63) is 115 Å². The van der Waals surface area contributed by atoms with Gasteiger partial charge in [0.05, 0.1) is 40.9 Å². The number of hydrogen-bond acceptors (Lipinski definition) is 7. The van der Waals surface area contributed by atoms with Crippen molar-refractivity contribution in [2.75, 3.05) is 18.7 Å². The zero-order valence-corrected chi connectivity index (χ0v) is 24.3. The number of pyridine rings is 1. The van der Waals surface area contributed by atoms with Gasteiger partial charge in [0.2, 0.25) is 5.95 Å². The van der Waals surface area contributed by atoms with Gasteiger partial charge in [-0.25, -0.2) is 19.9 Å². The second kappa shape index (κ2) is 11.2. The van der Waals surface area contributed by atoms with Crippen LogP contribution in [-0.4, -0.2) is 47.2 Å². The van der Waals surface area contributed by atoms with E-state index in [1.54, 1.807) is 37.8 Å². The Balaban J connectivity index is 1.29. The lowest BCUT2D eigenvalue weighted by Crippen LogP contribution is -2.03. The van der Waals surface area contributed by atoms with Crippen molar-refractivity contribution in [3.8, 4) is 28.4 Å². The minimum Gasteiger partial charge on any atom is -0.612 e. The van der Waals surface area contributed by atoms with Crippen LogP contribution in [-0.2, 0) is 17.6 Å². The number of benzene rings is 3. The molecule has 4 heterocycles. The Hall–Kier alpha value is -5.19. The van der Waals surface area contributed by atoms with Gasteiger partial charge in [0.15, 0.2) is 4.90 Å². The number of hydrogen-bond donors (Lipinski definition) is 2. The molecule has 0 spiro atoms. The number of ether oxygens (including phenoxy) is 1. The number of rotatable bonds is 8. The highest BCUT2D eigenvalue weighted by Crippen LogP contribution is 2.34. The molecule has 4 aromatic heterocycles. The van der Waals surface area contributed by atoms with Crippen molar-refractivity contribution in [2.24, 2.45) is 0 Å². The van der Waals surface area contributed by atoms with Gasteiger partial charge in [-0.1, -0.05) is 42.5 Å². The van der Waals surface area contributed by atoms with Crippen LogP contribution < -0.4 is 10.1 Å². The molecule has 212 valence electrons. The summed E-state index contributed by atoms with van der Waals surface area (Å²) < 4.78 is 19.7. The highest BCUT2D eigenvalue weighted by Gasteiger charge is 2.19. The predicted octanol–water partition coefficient (Wildman–Crippen LogP) is 6.42. The van der Waals surface area contributed by atoms with Crippen LogP contribution in [0.4, 0.5) is 11.6 Å². The lowest BCUT2D eigenvalue weighted by molar-refractivity contribution is 0.416. The third kappa shape index (κ3) is 5.29. The number of nitrogens with zero attached hydrogens (tertiary/aromatic N) is 5. The third-order valence-corrected chi connectivity index (χ3v) is 8.11. The molecule has 10 heteroatoms. The van der Waals surface area contributed by atoms with E-state index in [2.05, 4.69) is 33.5 Å². The first-order valence-corrected chi connectivity index (χ1v) is 15.2. The van der Waals surface area contributed by atoms with E-state index in [0.717, 1.165) is 45.9 Å². The minimum atomic E-state index is -1.15. The summed E-state index contributed by atoms with van der Waals surface area (Å²) in [6, 6.07) is 29.6. The molecule has 7 aromatic rings. The molecular formula is C33H27N7O2S. The van der Waals surface area contributed by atoms with E-state index in [9.17, 15) is 4.55 Å². The third-order valence-electron chi connectivity index (χ3n) is 7.20. The molecule has 43 heavy (non-hydrogen) atoms. The number of imidazole rings is 2. The first kappa shape index (κ1) is 26.7. The Morgan fingerprint density at radius 1 is 0.930 bits per heavy atom. The molecule has 2 N–H and O–H groups in total. The number of fused-ring (bicyclic) bond motifs is 2. The second-order valence-corrected chi connectivity index (χ2v) is 11.4. The van der Waals surface area contributed by atoms with Gasteiger partial charge in [-0.15, -0.1) is 0 Å². The second-order valence-electron chi connectivity index (χ2n) is 10.0. The number of aromatic amines is 1. The first-order chi connectivity index (χ1) is 21.1. The molecule has 3 aromatic carbocycles. The summed E-state index contributed by atoms with van der Waals surface area (Å²) in [5, 5.41) is 3.25. The number of methoxy groups -OCH3 is 1. The number of aromatic nitrogens is 6. The maximum atomic E-state index is 12.1. The Kier molecular flexibility index (Phi) is 6.98. The summed E-state index contributed by atoms with van der Waals surface area (Å²) in [7, 11) is 1.59. The maximum Gasteiger partial charge on any atom is 0.227 e. The molecule has 0 saturated carbocycles. The molecule has 0 fully saturated rings. The largest absolute Gasteiger partial charge is 0.612 e. The molecule has 0 bridgehead atoms. The summed E-state index contributed by atoms with van der Waals surface area (Å²) in [6.07, 6.45) is 6.05. The molecule has 0 aliphatic carbocycles. The number of nitrogens with one attached hydrogen (secondary N) is 2. The fourth-order valence-electron chi connectivity index (χ4n) is 5.16. The van der Waals surface area contributed by atoms with Crippen molar-refractivity contribution in [1.29, 1.82) is 0 Å². The maximum absolute atomic E-state index is 12.1. The summed E-state index contributed by atoms with van der Waals surface area (Å²) in [5.74, 6) is 1.88. The van der Waals surface area contributed by atoms with Crippen molar-refractivity contribution >= 4 is 39.5 Å². The van der Waals surface area contributed by atoms with E-state index >= 15 is 0 Å². The molecule has 1 unspecified atom stereocenters. The minimum absolute atomic E-state index is 0.376. The normalized spacial score (nSPS) is 12.1. The van der Waals surface area contributed by atoms with Crippen LogP contribution in [0, 0.1) is 0 Å². The van der Waals surface area contributed by atoms with Crippen LogP contribution in [0.2, 0.25) is 0 Å². The van der Waals surface area contributed by atoms with Crippen molar-refractivity contribution in [3.63, 3.8) is 0 Å². The van der Waals surface area contributed by atoms with Gasteiger partial charge in [0.25, 0.3) is 0 Å². The van der Waals surface area contributed by atoms with Crippen LogP contribution >= 0.6 is 0 Å². The Morgan fingerprint density at radius 3 is 2.63 bits per heavy atom. The standard InChI is InChI=1S/C33H27N7O2S/c1-42-28-14-12-23(43(2)41)20-27(28)38-33-34-16-15-25(37-33)32-31(39-30-10-6-7-17-40(30)32)22-11-13-24-26(19-22)36-29(35-24)18-21-8-4-3-5-9-21/h3-17,19-20H,18H2,1-2H3,(H,35,36)(H,34,37,38). The van der Waals surface area contributed by atoms with Crippen LogP contribution in [0.15, 0.2) is 108 Å². The zero-order chi connectivity index (χ0) is 29.3. The van der Waals surface area contributed by atoms with Crippen molar-refractivity contribution in [1.82, 2.24) is 29.3 Å². The molecule has 0 aliphatic rings. The highest BCUT2D eigenvalue weighted by molar-refractivity contribution is 7.90. The Morgan fingerprint density at radius 2 is 1.79 bits per heavy atom. The molecule has 0 radical (unpaired) electrons. The highest BCUT2D eigenvalue weighted by atomic mass is 32.2. The average molecular weight is 586 g/mol. The quantitative estimate of drug-likeness (QED) is 0.198. The first-order valence-electron chi connectivity index (χ1n) is 13.7. The average Bonchev–Trinajstić information content (AvgIpc) is 3.62. The molecule has 0 amide bonds. The summed E-state index contributed by atoms with van der Waals surface area (Å²) >= 11 is -1.15. The molecule has 0 saturated heterocycles. The fourth-order valence-corrected chi connectivity index (χ4v) is 5.70. The fraction of sp³-hybridized carbons (Fsp3) is 0.0909. The Bertz CT molecular complexity index is 2070. The van der Waals surface area contributed by atoms with E-state index in [4.69, 9.17) is 19.7 Å². The lowest BCUT2D eigenvalue weighted by Gasteiger charge is -2.13. The monoisotopic (exact) mass is 585 g/mol. The molecule has 1 atom stereocenters. The smallest absolute Gasteiger partial charge is 0.227 e. The van der Waals surface area contributed by atoms with Gasteiger partial charge < -0.3 is 19.6 Å². The van der Waals surface area contributed by atoms with E-state index in [1.807, 2.05) is 65.2 Å². The summed E-state index contributed by atoms with van der Waals surface area (Å²) in [6.45, 7) is 0. The molecule has 9 nitrogen and oxygen atoms in total. The molecule has 0 aliphatic heterocycles. The van der Waals surface area contributed by atoms with Crippen LogP contribution in [0.1, 0.15) is 11.4 Å². The van der Waals surface area contributed by atoms with Crippen LogP contribution in [0.5, 0.6) is 5.75 Å². The molecule has 7 rings (SSSR count). The van der Waals surface area contributed by atoms with E-state index in [0.29, 0.717) is 28.0 Å². The van der Waals surface area contributed by atoms with Crippen molar-refractivity contribution < 1.29 is 9.29 Å². The SMILES string of the molecule is COc1ccc([S+](C)[O-])cc1Nc1nccc(-c2c(-c3ccc4nc(Cc5ccccc5)[nH]c4c3)nc3ccccn23)n1. The van der Waals surface area contributed by atoms with Gasteiger partial charge in [-0.2, -0.15) is 0 Å². The zero-order valence-electron chi connectivity index (χ0n) is 23.5. The predicted molar refractivity (Wildman–Crippen MR) is 169 cm³/mol. The summed E-state index contributed by atoms with van der Waals surface area (Å²) in [5.41, 5.74) is 7.72. The van der Waals surface area contributed by atoms with Crippen molar-refractivity contribution in [2.45, 2.75) is 11.3 Å². The summed E-state index contributed by atoms with van der Waals surface area (Å²) in [4.78, 5) is 23.3. The van der Waals surface area contributed by atoms with E-state index in [-0.39, 0.29) is 0 Å². The van der Waals surface area contributed by atoms with E-state index in [1.165, 1.54) is 5.56 Å². The molecular weight excluding hydrogens is 558 g/mol. The van der Waals surface area contributed by atoms with Gasteiger partial charge in [0, 0.05) is 30.4 Å². The van der Waals surface area contributed by atoms with E-state index < -0.39 is 11.2 Å². The Labute approximate surface area is 250 Å². The number of anilines is 2. The van der Waals surface area contributed by atoms with Gasteiger partial charge >= 0.3 is 0 Å². The van der Waals surface area contributed by atoms with Crippen LogP contribution in [0.3, 0.4) is 0 Å². The van der Waals surface area contributed by atoms with Gasteiger partial charge in [-0.3, -0.25) is 4.40 Å². The lowest BCUT2D eigenvalue weighted by atomic mass is 10.1. The van der Waals surface area contributed by atoms with Gasteiger partial charge in [0.1, 0.15) is 23.5 Å². The van der Waals surface area contributed by atoms with Crippen LogP contribution in [0.25, 0.3) is 39.3 Å².